The highest BCUT2D eigenvalue weighted by Gasteiger charge is 2.18. The number of carbonyl (C=O) groups excluding carboxylic acids is 1. The van der Waals surface area contributed by atoms with Gasteiger partial charge in [-0.1, -0.05) is 18.2 Å². The molecule has 2 rings (SSSR count). The Hall–Kier alpha value is -2.41. The molecule has 19 heavy (non-hydrogen) atoms. The topological polar surface area (TPSA) is 104 Å². The van der Waals surface area contributed by atoms with Crippen molar-refractivity contribution < 1.29 is 19.8 Å². The number of carboxylic acids is 1. The highest BCUT2D eigenvalue weighted by molar-refractivity contribution is 6.04. The molecular weight excluding hydrogens is 250 g/mol. The van der Waals surface area contributed by atoms with E-state index in [1.165, 1.54) is 0 Å². The molecule has 1 atom stereocenters. The number of rotatable bonds is 4. The van der Waals surface area contributed by atoms with Gasteiger partial charge in [-0.25, -0.2) is 4.79 Å². The maximum absolute atomic E-state index is 11.9. The summed E-state index contributed by atoms with van der Waals surface area (Å²) >= 11 is 0. The molecule has 0 aliphatic heterocycles. The van der Waals surface area contributed by atoms with E-state index in [0.29, 0.717) is 5.39 Å². The van der Waals surface area contributed by atoms with Gasteiger partial charge in [0.2, 0.25) is 0 Å². The molecule has 0 bridgehead atoms. The second-order valence-electron chi connectivity index (χ2n) is 4.05. The summed E-state index contributed by atoms with van der Waals surface area (Å²) in [6, 6.07) is 7.20. The number of hydrogen-bond donors (Lipinski definition) is 3. The van der Waals surface area contributed by atoms with E-state index >= 15 is 0 Å². The summed E-state index contributed by atoms with van der Waals surface area (Å²) in [6.45, 7) is -0.362. The first kappa shape index (κ1) is 13.0. The van der Waals surface area contributed by atoms with Crippen molar-refractivity contribution in [3.63, 3.8) is 0 Å². The third kappa shape index (κ3) is 2.55. The number of benzene rings is 1. The third-order valence-corrected chi connectivity index (χ3v) is 2.71. The number of fused-ring (bicyclic) bond motifs is 1. The van der Waals surface area contributed by atoms with Crippen molar-refractivity contribution in [2.75, 3.05) is 6.54 Å². The molecular formula is C12H13N3O4. The van der Waals surface area contributed by atoms with E-state index in [2.05, 4.69) is 10.4 Å². The molecule has 100 valence electrons. The third-order valence-electron chi connectivity index (χ3n) is 2.71. The average molecular weight is 263 g/mol. The molecule has 7 heteroatoms. The molecule has 1 amide bonds. The summed E-state index contributed by atoms with van der Waals surface area (Å²) in [7, 11) is 1.71. The fourth-order valence-corrected chi connectivity index (χ4v) is 1.74. The number of nitrogens with zero attached hydrogens (tertiary/aromatic N) is 2. The number of aliphatic carboxylic acids is 1. The molecule has 0 radical (unpaired) electrons. The van der Waals surface area contributed by atoms with Crippen molar-refractivity contribution in [1.29, 1.82) is 0 Å². The van der Waals surface area contributed by atoms with Crippen molar-refractivity contribution in [3.05, 3.63) is 30.0 Å². The molecule has 1 aromatic carbocycles. The van der Waals surface area contributed by atoms with E-state index in [0.717, 1.165) is 5.52 Å². The second kappa shape index (κ2) is 5.07. The molecule has 1 unspecified atom stereocenters. The Bertz CT molecular complexity index is 635. The van der Waals surface area contributed by atoms with Crippen LogP contribution in [0.1, 0.15) is 10.5 Å². The number of para-hydroxylation sites is 1. The average Bonchev–Trinajstić information content (AvgIpc) is 2.73. The zero-order chi connectivity index (χ0) is 14.0. The van der Waals surface area contributed by atoms with Gasteiger partial charge in [-0.3, -0.25) is 9.48 Å². The summed E-state index contributed by atoms with van der Waals surface area (Å²) in [5.74, 6) is -1.90. The maximum Gasteiger partial charge on any atom is 0.334 e. The SMILES string of the molecule is Cn1nc(C(=O)NCC(O)C(=O)O)c2ccccc21. The van der Waals surface area contributed by atoms with Gasteiger partial charge in [0.1, 0.15) is 0 Å². The predicted octanol–water partition coefficient (Wildman–Crippen LogP) is -0.251. The number of amides is 1. The lowest BCUT2D eigenvalue weighted by molar-refractivity contribution is -0.146. The molecule has 0 fully saturated rings. The van der Waals surface area contributed by atoms with Gasteiger partial charge < -0.3 is 15.5 Å². The minimum absolute atomic E-state index is 0.204. The van der Waals surface area contributed by atoms with Gasteiger partial charge in [0.25, 0.3) is 5.91 Å². The molecule has 2 aromatic rings. The molecule has 1 heterocycles. The second-order valence-corrected chi connectivity index (χ2v) is 4.05. The number of aliphatic hydroxyl groups excluding tert-OH is 1. The van der Waals surface area contributed by atoms with E-state index in [4.69, 9.17) is 10.2 Å². The molecule has 0 aliphatic carbocycles. The van der Waals surface area contributed by atoms with Crippen LogP contribution in [-0.2, 0) is 11.8 Å². The van der Waals surface area contributed by atoms with Crippen LogP contribution in [0.15, 0.2) is 24.3 Å². The predicted molar refractivity (Wildman–Crippen MR) is 66.7 cm³/mol. The maximum atomic E-state index is 11.9. The van der Waals surface area contributed by atoms with Crippen LogP contribution in [0.3, 0.4) is 0 Å². The first-order chi connectivity index (χ1) is 9.00. The number of carboxylic acid groups (broad SMARTS) is 1. The van der Waals surface area contributed by atoms with Gasteiger partial charge in [0.05, 0.1) is 12.1 Å². The lowest BCUT2D eigenvalue weighted by Gasteiger charge is -2.06. The minimum atomic E-state index is -1.63. The zero-order valence-corrected chi connectivity index (χ0v) is 10.2. The van der Waals surface area contributed by atoms with E-state index < -0.39 is 18.0 Å². The molecule has 0 saturated carbocycles. The van der Waals surface area contributed by atoms with Crippen LogP contribution < -0.4 is 5.32 Å². The Morgan fingerprint density at radius 1 is 1.42 bits per heavy atom. The van der Waals surface area contributed by atoms with Crippen molar-refractivity contribution >= 4 is 22.8 Å². The molecule has 1 aromatic heterocycles. The Balaban J connectivity index is 2.20. The van der Waals surface area contributed by atoms with Crippen LogP contribution in [-0.4, -0.2) is 44.5 Å². The number of hydrogen-bond acceptors (Lipinski definition) is 4. The molecule has 3 N–H and O–H groups in total. The smallest absolute Gasteiger partial charge is 0.334 e. The summed E-state index contributed by atoms with van der Waals surface area (Å²) in [6.07, 6.45) is -1.63. The fourth-order valence-electron chi connectivity index (χ4n) is 1.74. The van der Waals surface area contributed by atoms with E-state index in [-0.39, 0.29) is 12.2 Å². The first-order valence-corrected chi connectivity index (χ1v) is 5.61. The Morgan fingerprint density at radius 3 is 2.79 bits per heavy atom. The highest BCUT2D eigenvalue weighted by atomic mass is 16.4. The standard InChI is InChI=1S/C12H13N3O4/c1-15-8-5-3-2-4-7(8)10(14-15)11(17)13-6-9(16)12(18)19/h2-5,9,16H,6H2,1H3,(H,13,17)(H,18,19). The fraction of sp³-hybridized carbons (Fsp3) is 0.250. The number of carbonyl (C=O) groups is 2. The minimum Gasteiger partial charge on any atom is -0.479 e. The van der Waals surface area contributed by atoms with Crippen LogP contribution in [0.5, 0.6) is 0 Å². The summed E-state index contributed by atoms with van der Waals surface area (Å²) in [4.78, 5) is 22.4. The summed E-state index contributed by atoms with van der Waals surface area (Å²) in [5.41, 5.74) is 1.00. The van der Waals surface area contributed by atoms with Crippen LogP contribution >= 0.6 is 0 Å². The molecule has 7 nitrogen and oxygen atoms in total. The largest absolute Gasteiger partial charge is 0.479 e. The number of aryl methyl sites for hydroxylation is 1. The summed E-state index contributed by atoms with van der Waals surface area (Å²) < 4.78 is 1.57. The summed E-state index contributed by atoms with van der Waals surface area (Å²) in [5, 5.41) is 24.7. The quantitative estimate of drug-likeness (QED) is 0.705. The van der Waals surface area contributed by atoms with Gasteiger partial charge in [-0.15, -0.1) is 0 Å². The zero-order valence-electron chi connectivity index (χ0n) is 10.2. The van der Waals surface area contributed by atoms with Crippen molar-refractivity contribution in [1.82, 2.24) is 15.1 Å². The lowest BCUT2D eigenvalue weighted by Crippen LogP contribution is -2.36. The first-order valence-electron chi connectivity index (χ1n) is 5.61. The van der Waals surface area contributed by atoms with Crippen LogP contribution in [0, 0.1) is 0 Å². The monoisotopic (exact) mass is 263 g/mol. The Morgan fingerprint density at radius 2 is 2.11 bits per heavy atom. The number of aromatic nitrogens is 2. The van der Waals surface area contributed by atoms with Crippen LogP contribution in [0.25, 0.3) is 10.9 Å². The molecule has 0 saturated heterocycles. The van der Waals surface area contributed by atoms with Gasteiger partial charge in [-0.05, 0) is 6.07 Å². The molecule has 0 spiro atoms. The number of aliphatic hydroxyl groups is 1. The Labute approximate surface area is 108 Å². The van der Waals surface area contributed by atoms with E-state index in [1.807, 2.05) is 12.1 Å². The van der Waals surface area contributed by atoms with E-state index in [1.54, 1.807) is 23.9 Å². The van der Waals surface area contributed by atoms with Crippen LogP contribution in [0.2, 0.25) is 0 Å². The lowest BCUT2D eigenvalue weighted by atomic mass is 10.2. The Kier molecular flexibility index (Phi) is 3.48. The van der Waals surface area contributed by atoms with Gasteiger partial charge in [0.15, 0.2) is 11.8 Å². The van der Waals surface area contributed by atoms with Crippen molar-refractivity contribution in [2.45, 2.75) is 6.10 Å². The van der Waals surface area contributed by atoms with E-state index in [9.17, 15) is 9.59 Å². The van der Waals surface area contributed by atoms with Crippen molar-refractivity contribution in [3.8, 4) is 0 Å². The van der Waals surface area contributed by atoms with Crippen molar-refractivity contribution in [2.24, 2.45) is 7.05 Å². The normalized spacial score (nSPS) is 12.3. The van der Waals surface area contributed by atoms with Crippen LogP contribution in [0.4, 0.5) is 0 Å². The highest BCUT2D eigenvalue weighted by Crippen LogP contribution is 2.17. The van der Waals surface area contributed by atoms with Gasteiger partial charge >= 0.3 is 5.97 Å². The van der Waals surface area contributed by atoms with Gasteiger partial charge in [0, 0.05) is 12.4 Å². The molecule has 0 aliphatic rings. The van der Waals surface area contributed by atoms with Gasteiger partial charge in [-0.2, -0.15) is 5.10 Å². The number of nitrogens with one attached hydrogen (secondary N) is 1.